The highest BCUT2D eigenvalue weighted by Crippen LogP contribution is 2.32. The van der Waals surface area contributed by atoms with Gasteiger partial charge in [0.05, 0.1) is 0 Å². The van der Waals surface area contributed by atoms with Gasteiger partial charge in [0.2, 0.25) is 0 Å². The highest BCUT2D eigenvalue weighted by molar-refractivity contribution is 5.96. The second kappa shape index (κ2) is 3.56. The predicted octanol–water partition coefficient (Wildman–Crippen LogP) is 0.872. The molecule has 2 N–H and O–H groups in total. The molecule has 1 aromatic carbocycles. The number of amides is 1. The predicted molar refractivity (Wildman–Crippen MR) is 57.8 cm³/mol. The number of carbonyl (C=O) groups excluding carboxylic acids is 1. The van der Waals surface area contributed by atoms with Crippen molar-refractivity contribution in [3.05, 3.63) is 35.1 Å². The Hall–Kier alpha value is -1.42. The number of hydrogen-bond donors (Lipinski definition) is 2. The number of carbonyl (C=O) groups is 1. The van der Waals surface area contributed by atoms with E-state index in [2.05, 4.69) is 10.6 Å². The third-order valence-corrected chi connectivity index (χ3v) is 3.52. The van der Waals surface area contributed by atoms with Gasteiger partial charge in [-0.1, -0.05) is 6.07 Å². The van der Waals surface area contributed by atoms with Gasteiger partial charge in [-0.25, -0.2) is 4.39 Å². The van der Waals surface area contributed by atoms with E-state index in [1.54, 1.807) is 6.07 Å². The minimum absolute atomic E-state index is 0.149. The van der Waals surface area contributed by atoms with Crippen molar-refractivity contribution in [2.75, 3.05) is 19.6 Å². The Bertz CT molecular complexity index is 447. The molecule has 84 valence electrons. The van der Waals surface area contributed by atoms with Crippen LogP contribution in [0, 0.1) is 11.7 Å². The quantitative estimate of drug-likeness (QED) is 0.681. The molecule has 1 amide bonds. The standard InChI is InChI=1S/C12H13FN2O/c13-8-1-2-9-10(3-8)12(16)15-5-7-4-14-6-11(7)9/h1-3,7,11,14H,4-6H2,(H,15,16). The van der Waals surface area contributed by atoms with Crippen molar-refractivity contribution in [2.24, 2.45) is 5.92 Å². The summed E-state index contributed by atoms with van der Waals surface area (Å²) in [4.78, 5) is 11.8. The van der Waals surface area contributed by atoms with Crippen molar-refractivity contribution in [3.8, 4) is 0 Å². The number of rotatable bonds is 0. The molecule has 2 aliphatic rings. The third-order valence-electron chi connectivity index (χ3n) is 3.52. The summed E-state index contributed by atoms with van der Waals surface area (Å²) in [5.41, 5.74) is 1.47. The van der Waals surface area contributed by atoms with E-state index in [0.29, 0.717) is 23.9 Å². The fraction of sp³-hybridized carbons (Fsp3) is 0.417. The van der Waals surface area contributed by atoms with Crippen molar-refractivity contribution < 1.29 is 9.18 Å². The maximum atomic E-state index is 13.1. The van der Waals surface area contributed by atoms with Crippen LogP contribution in [0.5, 0.6) is 0 Å². The number of halogens is 1. The second-order valence-corrected chi connectivity index (χ2v) is 4.47. The molecular weight excluding hydrogens is 207 g/mol. The first kappa shape index (κ1) is 9.78. The third kappa shape index (κ3) is 1.41. The lowest BCUT2D eigenvalue weighted by Crippen LogP contribution is -2.28. The average Bonchev–Trinajstić information content (AvgIpc) is 2.69. The lowest BCUT2D eigenvalue weighted by Gasteiger charge is -2.15. The number of nitrogens with one attached hydrogen (secondary N) is 2. The van der Waals surface area contributed by atoms with E-state index in [1.807, 2.05) is 0 Å². The monoisotopic (exact) mass is 220 g/mol. The summed E-state index contributed by atoms with van der Waals surface area (Å²) in [6, 6.07) is 4.53. The first-order valence-electron chi connectivity index (χ1n) is 5.54. The molecule has 4 heteroatoms. The molecule has 0 saturated carbocycles. The van der Waals surface area contributed by atoms with Crippen LogP contribution in [0.3, 0.4) is 0 Å². The number of benzene rings is 1. The first-order valence-corrected chi connectivity index (χ1v) is 5.54. The highest BCUT2D eigenvalue weighted by atomic mass is 19.1. The molecule has 2 atom stereocenters. The van der Waals surface area contributed by atoms with Gasteiger partial charge in [-0.15, -0.1) is 0 Å². The van der Waals surface area contributed by atoms with Crippen LogP contribution in [-0.2, 0) is 0 Å². The van der Waals surface area contributed by atoms with Gasteiger partial charge in [0, 0.05) is 31.1 Å². The smallest absolute Gasteiger partial charge is 0.251 e. The summed E-state index contributed by atoms with van der Waals surface area (Å²) in [6.07, 6.45) is 0. The van der Waals surface area contributed by atoms with Gasteiger partial charge in [0.25, 0.3) is 5.91 Å². The summed E-state index contributed by atoms with van der Waals surface area (Å²) in [5, 5.41) is 6.17. The van der Waals surface area contributed by atoms with Crippen molar-refractivity contribution in [3.63, 3.8) is 0 Å². The van der Waals surface area contributed by atoms with Crippen LogP contribution in [0.1, 0.15) is 21.8 Å². The molecule has 0 bridgehead atoms. The molecule has 1 fully saturated rings. The van der Waals surface area contributed by atoms with Gasteiger partial charge < -0.3 is 10.6 Å². The maximum Gasteiger partial charge on any atom is 0.251 e. The normalized spacial score (nSPS) is 27.9. The van der Waals surface area contributed by atoms with Gasteiger partial charge >= 0.3 is 0 Å². The molecular formula is C12H13FN2O. The number of fused-ring (bicyclic) bond motifs is 3. The van der Waals surface area contributed by atoms with Crippen LogP contribution in [0.4, 0.5) is 4.39 Å². The first-order chi connectivity index (χ1) is 7.75. The van der Waals surface area contributed by atoms with Gasteiger partial charge in [-0.3, -0.25) is 4.79 Å². The molecule has 3 rings (SSSR count). The van der Waals surface area contributed by atoms with Crippen LogP contribution >= 0.6 is 0 Å². The molecule has 0 radical (unpaired) electrons. The molecule has 1 aromatic rings. The Kier molecular flexibility index (Phi) is 2.17. The summed E-state index contributed by atoms with van der Waals surface area (Å²) < 4.78 is 13.1. The minimum Gasteiger partial charge on any atom is -0.352 e. The fourth-order valence-corrected chi connectivity index (χ4v) is 2.68. The van der Waals surface area contributed by atoms with E-state index in [0.717, 1.165) is 18.7 Å². The highest BCUT2D eigenvalue weighted by Gasteiger charge is 2.34. The lowest BCUT2D eigenvalue weighted by atomic mass is 9.87. The van der Waals surface area contributed by atoms with Crippen LogP contribution in [0.2, 0.25) is 0 Å². The topological polar surface area (TPSA) is 41.1 Å². The minimum atomic E-state index is -0.349. The zero-order valence-electron chi connectivity index (χ0n) is 8.79. The van der Waals surface area contributed by atoms with E-state index in [1.165, 1.54) is 12.1 Å². The van der Waals surface area contributed by atoms with Crippen LogP contribution in [0.15, 0.2) is 18.2 Å². The summed E-state index contributed by atoms with van der Waals surface area (Å²) >= 11 is 0. The van der Waals surface area contributed by atoms with Crippen molar-refractivity contribution >= 4 is 5.91 Å². The summed E-state index contributed by atoms with van der Waals surface area (Å²) in [7, 11) is 0. The average molecular weight is 220 g/mol. The molecule has 2 aliphatic heterocycles. The molecule has 0 spiro atoms. The molecule has 0 aliphatic carbocycles. The zero-order valence-corrected chi connectivity index (χ0v) is 8.79. The maximum absolute atomic E-state index is 13.1. The zero-order chi connectivity index (χ0) is 11.1. The van der Waals surface area contributed by atoms with E-state index in [-0.39, 0.29) is 11.7 Å². The van der Waals surface area contributed by atoms with Crippen molar-refractivity contribution in [1.29, 1.82) is 0 Å². The Balaban J connectivity index is 2.12. The van der Waals surface area contributed by atoms with E-state index < -0.39 is 0 Å². The van der Waals surface area contributed by atoms with Gasteiger partial charge in [-0.05, 0) is 23.6 Å². The Morgan fingerprint density at radius 3 is 3.00 bits per heavy atom. The Morgan fingerprint density at radius 2 is 2.12 bits per heavy atom. The van der Waals surface area contributed by atoms with E-state index in [4.69, 9.17) is 0 Å². The molecule has 0 aromatic heterocycles. The molecule has 3 nitrogen and oxygen atoms in total. The molecule has 16 heavy (non-hydrogen) atoms. The second-order valence-electron chi connectivity index (χ2n) is 4.47. The molecule has 2 unspecified atom stereocenters. The largest absolute Gasteiger partial charge is 0.352 e. The molecule has 1 saturated heterocycles. The SMILES string of the molecule is O=C1NCC2CNCC2c2ccc(F)cc21. The van der Waals surface area contributed by atoms with E-state index >= 15 is 0 Å². The summed E-state index contributed by atoms with van der Waals surface area (Å²) in [6.45, 7) is 2.47. The lowest BCUT2D eigenvalue weighted by molar-refractivity contribution is 0.0952. The van der Waals surface area contributed by atoms with Crippen LogP contribution < -0.4 is 10.6 Å². The Labute approximate surface area is 93.0 Å². The van der Waals surface area contributed by atoms with Crippen molar-refractivity contribution in [2.45, 2.75) is 5.92 Å². The van der Waals surface area contributed by atoms with Gasteiger partial charge in [-0.2, -0.15) is 0 Å². The van der Waals surface area contributed by atoms with Crippen LogP contribution in [0.25, 0.3) is 0 Å². The molecule has 2 heterocycles. The van der Waals surface area contributed by atoms with Crippen molar-refractivity contribution in [1.82, 2.24) is 10.6 Å². The van der Waals surface area contributed by atoms with Gasteiger partial charge in [0.1, 0.15) is 5.82 Å². The number of hydrogen-bond acceptors (Lipinski definition) is 2. The summed E-state index contributed by atoms with van der Waals surface area (Å²) in [5.74, 6) is 0.257. The van der Waals surface area contributed by atoms with E-state index in [9.17, 15) is 9.18 Å². The Morgan fingerprint density at radius 1 is 1.25 bits per heavy atom. The van der Waals surface area contributed by atoms with Gasteiger partial charge in [0.15, 0.2) is 0 Å². The fourth-order valence-electron chi connectivity index (χ4n) is 2.68. The van der Waals surface area contributed by atoms with Crippen LogP contribution in [-0.4, -0.2) is 25.5 Å².